The first kappa shape index (κ1) is 16.4. The normalized spacial score (nSPS) is 12.0. The van der Waals surface area contributed by atoms with E-state index in [9.17, 15) is 0 Å². The zero-order chi connectivity index (χ0) is 15.8. The lowest BCUT2D eigenvalue weighted by molar-refractivity contribution is 0.283. The van der Waals surface area contributed by atoms with Crippen LogP contribution >= 0.6 is 0 Å². The number of benzene rings is 2. The Kier molecular flexibility index (Phi) is 6.32. The minimum atomic E-state index is 0.585. The Bertz CT molecular complexity index is 560. The Morgan fingerprint density at radius 2 is 1.73 bits per heavy atom. The summed E-state index contributed by atoms with van der Waals surface area (Å²) in [5.74, 6) is 2.48. The zero-order valence-electron chi connectivity index (χ0n) is 13.8. The summed E-state index contributed by atoms with van der Waals surface area (Å²) in [6.07, 6.45) is 3.17. The van der Waals surface area contributed by atoms with E-state index in [1.165, 1.54) is 11.1 Å². The van der Waals surface area contributed by atoms with Gasteiger partial charge in [0.1, 0.15) is 11.5 Å². The minimum Gasteiger partial charge on any atom is -0.497 e. The van der Waals surface area contributed by atoms with Gasteiger partial charge in [0, 0.05) is 0 Å². The molecule has 0 bridgehead atoms. The van der Waals surface area contributed by atoms with Crippen molar-refractivity contribution in [2.24, 2.45) is 5.92 Å². The van der Waals surface area contributed by atoms with Crippen LogP contribution in [0.15, 0.2) is 48.5 Å². The van der Waals surface area contributed by atoms with Gasteiger partial charge in [-0.1, -0.05) is 38.1 Å². The van der Waals surface area contributed by atoms with Crippen molar-refractivity contribution >= 4 is 0 Å². The standard InChI is InChI=1S/C20H26O2/c1-4-17-8-10-19(11-9-17)22-13-12-16(2)14-18-6-5-7-20(15-18)21-3/h5-11,15-16H,4,12-14H2,1-3H3. The van der Waals surface area contributed by atoms with E-state index in [0.717, 1.165) is 37.4 Å². The van der Waals surface area contributed by atoms with E-state index in [1.54, 1.807) is 7.11 Å². The summed E-state index contributed by atoms with van der Waals surface area (Å²) in [5, 5.41) is 0. The number of ether oxygens (including phenoxy) is 2. The summed E-state index contributed by atoms with van der Waals surface area (Å²) >= 11 is 0. The van der Waals surface area contributed by atoms with E-state index < -0.39 is 0 Å². The monoisotopic (exact) mass is 298 g/mol. The molecule has 0 radical (unpaired) electrons. The van der Waals surface area contributed by atoms with Gasteiger partial charge < -0.3 is 9.47 Å². The van der Waals surface area contributed by atoms with Gasteiger partial charge in [-0.2, -0.15) is 0 Å². The Balaban J connectivity index is 1.75. The molecule has 0 heterocycles. The van der Waals surface area contributed by atoms with Gasteiger partial charge in [0.25, 0.3) is 0 Å². The van der Waals surface area contributed by atoms with Crippen molar-refractivity contribution in [3.63, 3.8) is 0 Å². The van der Waals surface area contributed by atoms with Gasteiger partial charge in [-0.25, -0.2) is 0 Å². The van der Waals surface area contributed by atoms with Crippen LogP contribution in [-0.2, 0) is 12.8 Å². The molecule has 0 fully saturated rings. The molecule has 2 aromatic rings. The van der Waals surface area contributed by atoms with Crippen LogP contribution in [-0.4, -0.2) is 13.7 Å². The maximum atomic E-state index is 5.83. The van der Waals surface area contributed by atoms with Crippen molar-refractivity contribution in [1.29, 1.82) is 0 Å². The van der Waals surface area contributed by atoms with E-state index >= 15 is 0 Å². The number of hydrogen-bond donors (Lipinski definition) is 0. The lowest BCUT2D eigenvalue weighted by Gasteiger charge is -2.13. The molecule has 0 amide bonds. The van der Waals surface area contributed by atoms with Crippen LogP contribution in [0.25, 0.3) is 0 Å². The molecule has 22 heavy (non-hydrogen) atoms. The fourth-order valence-corrected chi connectivity index (χ4v) is 2.50. The summed E-state index contributed by atoms with van der Waals surface area (Å²) in [6.45, 7) is 5.19. The van der Waals surface area contributed by atoms with Crippen LogP contribution in [0.1, 0.15) is 31.4 Å². The summed E-state index contributed by atoms with van der Waals surface area (Å²) in [6, 6.07) is 16.7. The molecular weight excluding hydrogens is 272 g/mol. The largest absolute Gasteiger partial charge is 0.497 e. The first-order chi connectivity index (χ1) is 10.7. The van der Waals surface area contributed by atoms with Crippen molar-refractivity contribution in [3.05, 3.63) is 59.7 Å². The highest BCUT2D eigenvalue weighted by Crippen LogP contribution is 2.18. The van der Waals surface area contributed by atoms with E-state index in [0.29, 0.717) is 5.92 Å². The number of rotatable bonds is 8. The van der Waals surface area contributed by atoms with E-state index in [1.807, 2.05) is 12.1 Å². The molecule has 0 aliphatic heterocycles. The molecule has 0 aliphatic carbocycles. The number of hydrogen-bond acceptors (Lipinski definition) is 2. The zero-order valence-corrected chi connectivity index (χ0v) is 13.8. The van der Waals surface area contributed by atoms with Crippen LogP contribution < -0.4 is 9.47 Å². The smallest absolute Gasteiger partial charge is 0.119 e. The second-order valence-electron chi connectivity index (χ2n) is 5.80. The fraction of sp³-hybridized carbons (Fsp3) is 0.400. The second-order valence-corrected chi connectivity index (χ2v) is 5.80. The maximum absolute atomic E-state index is 5.83. The van der Waals surface area contributed by atoms with E-state index in [-0.39, 0.29) is 0 Å². The van der Waals surface area contributed by atoms with Crippen LogP contribution in [0.5, 0.6) is 11.5 Å². The average molecular weight is 298 g/mol. The van der Waals surface area contributed by atoms with Gasteiger partial charge in [-0.3, -0.25) is 0 Å². The molecule has 0 saturated carbocycles. The van der Waals surface area contributed by atoms with Crippen molar-refractivity contribution in [2.45, 2.75) is 33.1 Å². The van der Waals surface area contributed by atoms with Gasteiger partial charge in [0.2, 0.25) is 0 Å². The molecule has 0 aliphatic rings. The first-order valence-corrected chi connectivity index (χ1v) is 8.06. The van der Waals surface area contributed by atoms with Crippen LogP contribution in [0.3, 0.4) is 0 Å². The summed E-state index contributed by atoms with van der Waals surface area (Å²) < 4.78 is 11.1. The quantitative estimate of drug-likeness (QED) is 0.689. The number of aryl methyl sites for hydroxylation is 1. The molecule has 2 nitrogen and oxygen atoms in total. The Labute approximate surface area is 134 Å². The van der Waals surface area contributed by atoms with Crippen LogP contribution in [0.2, 0.25) is 0 Å². The first-order valence-electron chi connectivity index (χ1n) is 8.06. The molecule has 1 unspecified atom stereocenters. The summed E-state index contributed by atoms with van der Waals surface area (Å²) in [4.78, 5) is 0. The topological polar surface area (TPSA) is 18.5 Å². The molecule has 2 aromatic carbocycles. The maximum Gasteiger partial charge on any atom is 0.119 e. The third kappa shape index (κ3) is 5.10. The molecular formula is C20H26O2. The minimum absolute atomic E-state index is 0.585. The predicted octanol–water partition coefficient (Wildman–Crippen LogP) is 4.91. The van der Waals surface area contributed by atoms with E-state index in [2.05, 4.69) is 50.2 Å². The van der Waals surface area contributed by atoms with Crippen molar-refractivity contribution < 1.29 is 9.47 Å². The number of methoxy groups -OCH3 is 1. The van der Waals surface area contributed by atoms with Gasteiger partial charge in [-0.05, 0) is 60.6 Å². The van der Waals surface area contributed by atoms with Gasteiger partial charge in [0.15, 0.2) is 0 Å². The molecule has 118 valence electrons. The van der Waals surface area contributed by atoms with Crippen LogP contribution in [0.4, 0.5) is 0 Å². The molecule has 2 rings (SSSR count). The molecule has 1 atom stereocenters. The molecule has 0 spiro atoms. The summed E-state index contributed by atoms with van der Waals surface area (Å²) in [7, 11) is 1.71. The molecule has 0 N–H and O–H groups in total. The molecule has 0 aromatic heterocycles. The summed E-state index contributed by atoms with van der Waals surface area (Å²) in [5.41, 5.74) is 2.66. The SMILES string of the molecule is CCc1ccc(OCCC(C)Cc2cccc(OC)c2)cc1. The lowest BCUT2D eigenvalue weighted by Crippen LogP contribution is -2.07. The van der Waals surface area contributed by atoms with E-state index in [4.69, 9.17) is 9.47 Å². The van der Waals surface area contributed by atoms with Gasteiger partial charge in [0.05, 0.1) is 13.7 Å². The van der Waals surface area contributed by atoms with Crippen molar-refractivity contribution in [1.82, 2.24) is 0 Å². The lowest BCUT2D eigenvalue weighted by atomic mass is 9.98. The Morgan fingerprint density at radius 1 is 0.955 bits per heavy atom. The highest BCUT2D eigenvalue weighted by molar-refractivity contribution is 5.29. The fourth-order valence-electron chi connectivity index (χ4n) is 2.50. The van der Waals surface area contributed by atoms with Crippen molar-refractivity contribution in [2.75, 3.05) is 13.7 Å². The second kappa shape index (κ2) is 8.47. The van der Waals surface area contributed by atoms with Crippen molar-refractivity contribution in [3.8, 4) is 11.5 Å². The highest BCUT2D eigenvalue weighted by atomic mass is 16.5. The van der Waals surface area contributed by atoms with Gasteiger partial charge >= 0.3 is 0 Å². The predicted molar refractivity (Wildman–Crippen MR) is 91.8 cm³/mol. The molecule has 2 heteroatoms. The highest BCUT2D eigenvalue weighted by Gasteiger charge is 2.05. The Hall–Kier alpha value is -1.96. The third-order valence-corrected chi connectivity index (χ3v) is 3.93. The average Bonchev–Trinajstić information content (AvgIpc) is 2.55. The van der Waals surface area contributed by atoms with Crippen LogP contribution in [0, 0.1) is 5.92 Å². The Morgan fingerprint density at radius 3 is 2.41 bits per heavy atom. The molecule has 0 saturated heterocycles. The third-order valence-electron chi connectivity index (χ3n) is 3.93. The van der Waals surface area contributed by atoms with Gasteiger partial charge in [-0.15, -0.1) is 0 Å².